The normalized spacial score (nSPS) is 77.5. The Labute approximate surface area is 65.6 Å². The highest BCUT2D eigenvalue weighted by atomic mass is 16.3. The van der Waals surface area contributed by atoms with Gasteiger partial charge in [-0.15, -0.1) is 0 Å². The molecule has 0 aromatic heterocycles. The Kier molecular flexibility index (Phi) is 0.415. The summed E-state index contributed by atoms with van der Waals surface area (Å²) in [7, 11) is 0. The van der Waals surface area contributed by atoms with E-state index >= 15 is 0 Å². The van der Waals surface area contributed by atoms with Gasteiger partial charge in [0.15, 0.2) is 5.54 Å². The van der Waals surface area contributed by atoms with Gasteiger partial charge in [0.25, 0.3) is 0 Å². The first kappa shape index (κ1) is 5.45. The van der Waals surface area contributed by atoms with Crippen molar-refractivity contribution in [2.24, 2.45) is 33.3 Å². The van der Waals surface area contributed by atoms with Gasteiger partial charge in [0, 0.05) is 17.8 Å². The topological polar surface area (TPSA) is 88.3 Å². The third-order valence-corrected chi connectivity index (χ3v) is 4.57. The van der Waals surface area contributed by atoms with Crippen LogP contribution >= 0.6 is 0 Å². The van der Waals surface area contributed by atoms with Crippen molar-refractivity contribution in [2.45, 2.75) is 16.6 Å². The van der Waals surface area contributed by atoms with Crippen molar-refractivity contribution in [1.29, 1.82) is 0 Å². The predicted molar refractivity (Wildman–Crippen MR) is 36.0 cm³/mol. The number of rotatable bonds is 3. The van der Waals surface area contributed by atoms with E-state index < -0.39 is 16.6 Å². The Morgan fingerprint density at radius 3 is 1.92 bits per heavy atom. The molecule has 0 N–H and O–H groups in total. The van der Waals surface area contributed by atoms with Gasteiger partial charge in [-0.3, -0.25) is 0 Å². The van der Waals surface area contributed by atoms with E-state index in [1.54, 1.807) is 0 Å². The summed E-state index contributed by atoms with van der Waals surface area (Å²) in [4.78, 5) is 31.4. The Hall–Kier alpha value is -1.20. The molecule has 5 fully saturated rings. The lowest BCUT2D eigenvalue weighted by Crippen LogP contribution is -2.50. The van der Waals surface area contributed by atoms with Crippen molar-refractivity contribution in [2.75, 3.05) is 0 Å². The number of hydrogen-bond acceptors (Lipinski definition) is 6. The van der Waals surface area contributed by atoms with E-state index in [4.69, 9.17) is 0 Å². The lowest BCUT2D eigenvalue weighted by Gasteiger charge is -2.28. The van der Waals surface area contributed by atoms with E-state index in [0.29, 0.717) is 0 Å². The van der Waals surface area contributed by atoms with Crippen LogP contribution in [-0.2, 0) is 0 Å². The van der Waals surface area contributed by atoms with Crippen molar-refractivity contribution in [3.05, 3.63) is 14.7 Å². The molecule has 5 saturated carbocycles. The Balaban J connectivity index is 1.95. The van der Waals surface area contributed by atoms with E-state index in [9.17, 15) is 14.7 Å². The molecule has 0 heterocycles. The SMILES string of the molecule is O=NC12C3C1C1(N=O)C3C21N=O. The van der Waals surface area contributed by atoms with Gasteiger partial charge in [-0.05, 0) is 0 Å². The minimum atomic E-state index is -0.973. The van der Waals surface area contributed by atoms with Gasteiger partial charge in [-0.1, -0.05) is 15.5 Å². The highest BCUT2D eigenvalue weighted by Crippen LogP contribution is 3.09. The fraction of sp³-hybridized carbons (Fsp3) is 1.00. The average molecular weight is 165 g/mol. The summed E-state index contributed by atoms with van der Waals surface area (Å²) in [5.41, 5.74) is -2.51. The largest absolute Gasteiger partial charge is 0.166 e. The maximum Gasteiger partial charge on any atom is 0.166 e. The van der Waals surface area contributed by atoms with Gasteiger partial charge in [-0.25, -0.2) is 0 Å². The van der Waals surface area contributed by atoms with Crippen LogP contribution in [0.25, 0.3) is 0 Å². The fourth-order valence-corrected chi connectivity index (χ4v) is 4.26. The molecule has 12 heavy (non-hydrogen) atoms. The summed E-state index contributed by atoms with van der Waals surface area (Å²) in [6.07, 6.45) is 0. The van der Waals surface area contributed by atoms with Gasteiger partial charge in [0.1, 0.15) is 11.1 Å². The summed E-state index contributed by atoms with van der Waals surface area (Å²) in [6.45, 7) is 0. The molecule has 0 aromatic rings. The Morgan fingerprint density at radius 2 is 1.50 bits per heavy atom. The summed E-state index contributed by atoms with van der Waals surface area (Å²) in [5, 5.41) is 8.79. The van der Waals surface area contributed by atoms with Gasteiger partial charge in [0.05, 0.1) is 0 Å². The van der Waals surface area contributed by atoms with Crippen LogP contribution in [0.4, 0.5) is 0 Å². The smallest absolute Gasteiger partial charge is 0.150 e. The fourth-order valence-electron chi connectivity index (χ4n) is 4.26. The maximum atomic E-state index is 10.5. The van der Waals surface area contributed by atoms with E-state index in [1.807, 2.05) is 0 Å². The zero-order chi connectivity index (χ0) is 8.35. The quantitative estimate of drug-likeness (QED) is 0.567. The molecule has 0 amide bonds. The Morgan fingerprint density at radius 1 is 0.833 bits per heavy atom. The first-order chi connectivity index (χ1) is 5.79. The van der Waals surface area contributed by atoms with Crippen LogP contribution in [0.15, 0.2) is 15.5 Å². The van der Waals surface area contributed by atoms with E-state index in [-0.39, 0.29) is 17.8 Å². The standard InChI is InChI=1S/C6H3N3O3/c10-7-4-1-2(4)5(8-11)3(1)6(4,5)9-12/h1-3H. The van der Waals surface area contributed by atoms with Gasteiger partial charge >= 0.3 is 0 Å². The number of nitrogens with zero attached hydrogens (tertiary/aromatic N) is 3. The predicted octanol–water partition coefficient (Wildman–Crippen LogP) is 0.405. The molecular weight excluding hydrogens is 162 g/mol. The van der Waals surface area contributed by atoms with Crippen LogP contribution in [-0.4, -0.2) is 16.6 Å². The molecule has 0 spiro atoms. The first-order valence-corrected chi connectivity index (χ1v) is 3.83. The molecule has 0 bridgehead atoms. The third kappa shape index (κ3) is 0.150. The van der Waals surface area contributed by atoms with Gasteiger partial charge in [0.2, 0.25) is 0 Å². The minimum Gasteiger partial charge on any atom is -0.150 e. The molecule has 5 aliphatic carbocycles. The highest BCUT2D eigenvalue weighted by Gasteiger charge is 3.26. The molecule has 5 rings (SSSR count). The minimum absolute atomic E-state index is 0.0253. The van der Waals surface area contributed by atoms with Crippen LogP contribution in [0.1, 0.15) is 0 Å². The van der Waals surface area contributed by atoms with Crippen molar-refractivity contribution < 1.29 is 0 Å². The molecule has 0 saturated heterocycles. The molecule has 6 nitrogen and oxygen atoms in total. The van der Waals surface area contributed by atoms with Crippen molar-refractivity contribution >= 4 is 0 Å². The van der Waals surface area contributed by atoms with Crippen LogP contribution in [0.3, 0.4) is 0 Å². The van der Waals surface area contributed by atoms with Crippen LogP contribution in [0.2, 0.25) is 0 Å². The zero-order valence-electron chi connectivity index (χ0n) is 5.80. The zero-order valence-corrected chi connectivity index (χ0v) is 5.80. The molecule has 0 aromatic carbocycles. The molecular formula is C6H3N3O3. The molecule has 0 radical (unpaired) electrons. The lowest BCUT2D eigenvalue weighted by molar-refractivity contribution is 0.272. The second kappa shape index (κ2) is 0.915. The van der Waals surface area contributed by atoms with Crippen molar-refractivity contribution in [3.8, 4) is 0 Å². The van der Waals surface area contributed by atoms with Crippen molar-refractivity contribution in [3.63, 3.8) is 0 Å². The molecule has 6 unspecified atom stereocenters. The van der Waals surface area contributed by atoms with Gasteiger partial charge in [-0.2, -0.15) is 14.7 Å². The molecule has 60 valence electrons. The second-order valence-corrected chi connectivity index (χ2v) is 4.17. The van der Waals surface area contributed by atoms with E-state index in [0.717, 1.165) is 0 Å². The molecule has 6 atom stereocenters. The average Bonchev–Trinajstić information content (AvgIpc) is 2.59. The molecule has 5 aliphatic rings. The Bertz CT molecular complexity index is 356. The van der Waals surface area contributed by atoms with Crippen molar-refractivity contribution in [1.82, 2.24) is 0 Å². The summed E-state index contributed by atoms with van der Waals surface area (Å²) in [6, 6.07) is 0. The lowest BCUT2D eigenvalue weighted by atomic mass is 9.82. The van der Waals surface area contributed by atoms with Gasteiger partial charge < -0.3 is 0 Å². The second-order valence-electron chi connectivity index (χ2n) is 4.17. The first-order valence-electron chi connectivity index (χ1n) is 3.83. The van der Waals surface area contributed by atoms with Crippen LogP contribution in [0.5, 0.6) is 0 Å². The maximum absolute atomic E-state index is 10.5. The van der Waals surface area contributed by atoms with E-state index in [1.165, 1.54) is 0 Å². The van der Waals surface area contributed by atoms with Crippen LogP contribution in [0, 0.1) is 32.5 Å². The third-order valence-electron chi connectivity index (χ3n) is 4.57. The summed E-state index contributed by atoms with van der Waals surface area (Å²) in [5.74, 6) is 0.121. The highest BCUT2D eigenvalue weighted by molar-refractivity contribution is 5.78. The molecule has 0 aliphatic heterocycles. The summed E-state index contributed by atoms with van der Waals surface area (Å²) >= 11 is 0. The summed E-state index contributed by atoms with van der Waals surface area (Å²) < 4.78 is 0. The molecule has 6 heteroatoms. The van der Waals surface area contributed by atoms with E-state index in [2.05, 4.69) is 15.5 Å². The number of nitroso groups, excluding NO2 is 3. The monoisotopic (exact) mass is 165 g/mol. The van der Waals surface area contributed by atoms with Crippen LogP contribution < -0.4 is 0 Å². The number of hydrogen-bond donors (Lipinski definition) is 0.